The molecule has 0 bridgehead atoms. The van der Waals surface area contributed by atoms with E-state index >= 15 is 0 Å². The summed E-state index contributed by atoms with van der Waals surface area (Å²) >= 11 is 0. The standard InChI is InChI=1S/C27H30N2O6/c30-24(29-27(25(31)32)12-13-34-16-27)14-17-6-5-11-23(17)28-26(33)35-15-22-20-9-3-1-7-18(20)19-8-2-4-10-21(19)22/h1-4,7-10,17,22-23H,5-6,11-16H2,(H,28,33)(H,29,30)(H,31,32)/t17-,23+,27?/m0/s1. The Labute approximate surface area is 204 Å². The van der Waals surface area contributed by atoms with Crippen LogP contribution in [0, 0.1) is 5.92 Å². The van der Waals surface area contributed by atoms with Gasteiger partial charge in [0.05, 0.1) is 6.61 Å². The molecule has 2 aliphatic carbocycles. The van der Waals surface area contributed by atoms with Gasteiger partial charge in [0.25, 0.3) is 0 Å². The summed E-state index contributed by atoms with van der Waals surface area (Å²) < 4.78 is 10.9. The molecule has 2 aromatic rings. The number of aliphatic carboxylic acids is 1. The van der Waals surface area contributed by atoms with Gasteiger partial charge in [-0.1, -0.05) is 55.0 Å². The van der Waals surface area contributed by atoms with Crippen molar-refractivity contribution in [3.63, 3.8) is 0 Å². The number of carboxylic acid groups (broad SMARTS) is 1. The Hall–Kier alpha value is -3.39. The van der Waals surface area contributed by atoms with Gasteiger partial charge in [-0.3, -0.25) is 4.79 Å². The minimum absolute atomic E-state index is 0.0147. The molecule has 8 nitrogen and oxygen atoms in total. The highest BCUT2D eigenvalue weighted by molar-refractivity contribution is 5.87. The van der Waals surface area contributed by atoms with Crippen LogP contribution in [0.25, 0.3) is 11.1 Å². The minimum atomic E-state index is -1.36. The molecule has 2 amide bonds. The van der Waals surface area contributed by atoms with Gasteiger partial charge in [0.2, 0.25) is 5.91 Å². The molecular formula is C27H30N2O6. The lowest BCUT2D eigenvalue weighted by molar-refractivity contribution is -0.147. The number of hydrogen-bond acceptors (Lipinski definition) is 5. The van der Waals surface area contributed by atoms with Gasteiger partial charge >= 0.3 is 12.1 Å². The molecule has 1 aliphatic heterocycles. The Bertz CT molecular complexity index is 1080. The van der Waals surface area contributed by atoms with Gasteiger partial charge in [0, 0.05) is 31.4 Å². The zero-order valence-electron chi connectivity index (χ0n) is 19.5. The van der Waals surface area contributed by atoms with Crippen LogP contribution in [0.2, 0.25) is 0 Å². The van der Waals surface area contributed by atoms with Gasteiger partial charge in [0.15, 0.2) is 5.54 Å². The Morgan fingerprint density at radius 2 is 1.71 bits per heavy atom. The highest BCUT2D eigenvalue weighted by atomic mass is 16.5. The van der Waals surface area contributed by atoms with Crippen LogP contribution in [0.3, 0.4) is 0 Å². The first-order valence-corrected chi connectivity index (χ1v) is 12.2. The fourth-order valence-corrected chi connectivity index (χ4v) is 5.70. The van der Waals surface area contributed by atoms with E-state index in [0.717, 1.165) is 30.4 Å². The zero-order valence-corrected chi connectivity index (χ0v) is 19.5. The molecule has 1 heterocycles. The first kappa shape index (κ1) is 23.4. The number of carbonyl (C=O) groups excluding carboxylic acids is 2. The molecule has 0 radical (unpaired) electrons. The summed E-state index contributed by atoms with van der Waals surface area (Å²) in [5.41, 5.74) is 3.29. The first-order valence-electron chi connectivity index (χ1n) is 12.2. The van der Waals surface area contributed by atoms with Crippen molar-refractivity contribution in [1.29, 1.82) is 0 Å². The average molecular weight is 479 g/mol. The van der Waals surface area contributed by atoms with Crippen molar-refractivity contribution in [3.05, 3.63) is 59.7 Å². The predicted octanol–water partition coefficient (Wildman–Crippen LogP) is 3.44. The molecule has 0 spiro atoms. The molecule has 3 aliphatic rings. The van der Waals surface area contributed by atoms with Crippen LogP contribution < -0.4 is 10.6 Å². The van der Waals surface area contributed by atoms with Gasteiger partial charge < -0.3 is 25.2 Å². The smallest absolute Gasteiger partial charge is 0.407 e. The lowest BCUT2D eigenvalue weighted by Gasteiger charge is -2.26. The van der Waals surface area contributed by atoms with Crippen LogP contribution in [-0.2, 0) is 19.1 Å². The van der Waals surface area contributed by atoms with E-state index in [1.165, 1.54) is 11.1 Å². The van der Waals surface area contributed by atoms with E-state index in [0.29, 0.717) is 6.61 Å². The fraction of sp³-hybridized carbons (Fsp3) is 0.444. The van der Waals surface area contributed by atoms with Crippen LogP contribution in [0.15, 0.2) is 48.5 Å². The lowest BCUT2D eigenvalue weighted by Crippen LogP contribution is -2.55. The molecule has 1 unspecified atom stereocenters. The number of carboxylic acids is 1. The largest absolute Gasteiger partial charge is 0.479 e. The molecule has 0 aromatic heterocycles. The maximum atomic E-state index is 12.7. The number of alkyl carbamates (subject to hydrolysis) is 1. The van der Waals surface area contributed by atoms with Crippen LogP contribution in [0.5, 0.6) is 0 Å². The van der Waals surface area contributed by atoms with Gasteiger partial charge in [-0.2, -0.15) is 0 Å². The normalized spacial score (nSPS) is 25.0. The van der Waals surface area contributed by atoms with E-state index in [-0.39, 0.29) is 49.8 Å². The molecule has 1 saturated carbocycles. The molecule has 184 valence electrons. The molecule has 5 rings (SSSR count). The third-order valence-electron chi connectivity index (χ3n) is 7.56. The maximum absolute atomic E-state index is 12.7. The summed E-state index contributed by atoms with van der Waals surface area (Å²) in [5.74, 6) is -1.49. The van der Waals surface area contributed by atoms with E-state index in [1.54, 1.807) is 0 Å². The second-order valence-corrected chi connectivity index (χ2v) is 9.71. The maximum Gasteiger partial charge on any atom is 0.407 e. The Morgan fingerprint density at radius 1 is 1.03 bits per heavy atom. The first-order chi connectivity index (χ1) is 17.0. The second-order valence-electron chi connectivity index (χ2n) is 9.71. The van der Waals surface area contributed by atoms with Crippen molar-refractivity contribution in [2.24, 2.45) is 5.92 Å². The van der Waals surface area contributed by atoms with E-state index in [2.05, 4.69) is 34.9 Å². The summed E-state index contributed by atoms with van der Waals surface area (Å²) in [6.45, 7) is 0.515. The van der Waals surface area contributed by atoms with Crippen molar-refractivity contribution >= 4 is 18.0 Å². The number of rotatable bonds is 7. The average Bonchev–Trinajstić information content (AvgIpc) is 3.57. The number of carbonyl (C=O) groups is 3. The second kappa shape index (κ2) is 9.70. The molecular weight excluding hydrogens is 448 g/mol. The number of hydrogen-bond donors (Lipinski definition) is 3. The van der Waals surface area contributed by atoms with Crippen molar-refractivity contribution in [1.82, 2.24) is 10.6 Å². The lowest BCUT2D eigenvalue weighted by atomic mass is 9.95. The minimum Gasteiger partial charge on any atom is -0.479 e. The summed E-state index contributed by atoms with van der Waals surface area (Å²) in [4.78, 5) is 37.0. The molecule has 2 fully saturated rings. The van der Waals surface area contributed by atoms with Crippen molar-refractivity contribution in [2.75, 3.05) is 19.8 Å². The summed E-state index contributed by atoms with van der Waals surface area (Å²) in [6, 6.07) is 16.2. The molecule has 35 heavy (non-hydrogen) atoms. The van der Waals surface area contributed by atoms with Gasteiger partial charge in [0.1, 0.15) is 6.61 Å². The van der Waals surface area contributed by atoms with Crippen LogP contribution in [0.4, 0.5) is 4.79 Å². The molecule has 8 heteroatoms. The monoisotopic (exact) mass is 478 g/mol. The summed E-state index contributed by atoms with van der Waals surface area (Å²) in [7, 11) is 0. The SMILES string of the molecule is O=C(C[C@@H]1CCC[C@H]1NC(=O)OCC1c2ccccc2-c2ccccc21)NC1(C(=O)O)CCOC1. The predicted molar refractivity (Wildman–Crippen MR) is 128 cm³/mol. The molecule has 1 saturated heterocycles. The zero-order chi connectivity index (χ0) is 24.4. The van der Waals surface area contributed by atoms with Crippen LogP contribution in [-0.4, -0.2) is 54.5 Å². The number of ether oxygens (including phenoxy) is 2. The van der Waals surface area contributed by atoms with Gasteiger partial charge in [-0.25, -0.2) is 9.59 Å². The molecule has 3 N–H and O–H groups in total. The Balaban J connectivity index is 1.17. The van der Waals surface area contributed by atoms with Gasteiger partial charge in [-0.05, 0) is 41.0 Å². The number of fused-ring (bicyclic) bond motifs is 3. The summed E-state index contributed by atoms with van der Waals surface area (Å²) in [6.07, 6.45) is 2.35. The highest BCUT2D eigenvalue weighted by Crippen LogP contribution is 2.44. The molecule has 2 aromatic carbocycles. The van der Waals surface area contributed by atoms with E-state index in [4.69, 9.17) is 9.47 Å². The molecule has 3 atom stereocenters. The topological polar surface area (TPSA) is 114 Å². The fourth-order valence-electron chi connectivity index (χ4n) is 5.70. The number of nitrogens with one attached hydrogen (secondary N) is 2. The number of benzene rings is 2. The highest BCUT2D eigenvalue weighted by Gasteiger charge is 2.44. The van der Waals surface area contributed by atoms with Crippen molar-refractivity contribution in [3.8, 4) is 11.1 Å². The third kappa shape index (κ3) is 4.62. The third-order valence-corrected chi connectivity index (χ3v) is 7.56. The van der Waals surface area contributed by atoms with Crippen LogP contribution in [0.1, 0.15) is 49.1 Å². The quantitative estimate of drug-likeness (QED) is 0.562. The van der Waals surface area contributed by atoms with E-state index < -0.39 is 17.6 Å². The summed E-state index contributed by atoms with van der Waals surface area (Å²) in [5, 5.41) is 15.2. The Morgan fingerprint density at radius 3 is 2.34 bits per heavy atom. The van der Waals surface area contributed by atoms with Crippen LogP contribution >= 0.6 is 0 Å². The Kier molecular flexibility index (Phi) is 6.47. The van der Waals surface area contributed by atoms with Crippen molar-refractivity contribution < 1.29 is 29.0 Å². The van der Waals surface area contributed by atoms with Crippen molar-refractivity contribution in [2.45, 2.75) is 49.6 Å². The number of amides is 2. The van der Waals surface area contributed by atoms with E-state index in [9.17, 15) is 19.5 Å². The van der Waals surface area contributed by atoms with Gasteiger partial charge in [-0.15, -0.1) is 0 Å². The van der Waals surface area contributed by atoms with E-state index in [1.807, 2.05) is 24.3 Å².